The molecule has 1 unspecified atom stereocenters. The van der Waals surface area contributed by atoms with Gasteiger partial charge in [0.15, 0.2) is 0 Å². The third-order valence-electron chi connectivity index (χ3n) is 2.57. The molecule has 0 N–H and O–H groups in total. The van der Waals surface area contributed by atoms with Gasteiger partial charge in [-0.25, -0.2) is 0 Å². The molecule has 15 heavy (non-hydrogen) atoms. The lowest BCUT2D eigenvalue weighted by atomic mass is 9.93. The Morgan fingerprint density at radius 1 is 1.47 bits per heavy atom. The van der Waals surface area contributed by atoms with Crippen LogP contribution in [0.1, 0.15) is 37.3 Å². The van der Waals surface area contributed by atoms with Crippen LogP contribution in [0.3, 0.4) is 0 Å². The number of hydrogen-bond acceptors (Lipinski definition) is 2. The number of hydrogen-bond donors (Lipinski definition) is 0. The Bertz CT molecular complexity index is 356. The number of carbonyl (C=O) groups excluding carboxylic acids is 1. The summed E-state index contributed by atoms with van der Waals surface area (Å²) in [4.78, 5) is 11.1. The Morgan fingerprint density at radius 3 is 2.67 bits per heavy atom. The highest BCUT2D eigenvalue weighted by Gasteiger charge is 2.14. The molecule has 1 aromatic rings. The molecule has 2 heteroatoms. The lowest BCUT2D eigenvalue weighted by Crippen LogP contribution is -2.03. The molecule has 0 aliphatic rings. The molecule has 1 aromatic carbocycles. The third kappa shape index (κ3) is 2.82. The van der Waals surface area contributed by atoms with Crippen LogP contribution in [-0.4, -0.2) is 12.9 Å². The van der Waals surface area contributed by atoms with E-state index in [9.17, 15) is 4.79 Å². The largest absolute Gasteiger partial charge is 0.496 e. The van der Waals surface area contributed by atoms with Crippen molar-refractivity contribution in [1.82, 2.24) is 0 Å². The molecular weight excluding hydrogens is 188 g/mol. The molecule has 0 heterocycles. The van der Waals surface area contributed by atoms with Gasteiger partial charge in [0.25, 0.3) is 0 Å². The van der Waals surface area contributed by atoms with Crippen molar-refractivity contribution < 1.29 is 9.53 Å². The molecule has 0 spiro atoms. The molecular formula is C13H18O2. The summed E-state index contributed by atoms with van der Waals surface area (Å²) < 4.78 is 5.37. The summed E-state index contributed by atoms with van der Waals surface area (Å²) in [7, 11) is 1.67. The molecule has 0 amide bonds. The number of ether oxygens (including phenoxy) is 1. The van der Waals surface area contributed by atoms with Gasteiger partial charge in [-0.05, 0) is 30.9 Å². The maximum atomic E-state index is 11.1. The number of methoxy groups -OCH3 is 1. The SMILES string of the molecule is COc1c(C)cccc1C(C)CC(C)=O. The number of Topliss-reactive ketones (excluding diaryl/α,β-unsaturated/α-hetero) is 1. The van der Waals surface area contributed by atoms with Crippen LogP contribution >= 0.6 is 0 Å². The van der Waals surface area contributed by atoms with E-state index in [1.54, 1.807) is 14.0 Å². The van der Waals surface area contributed by atoms with Crippen molar-refractivity contribution in [3.05, 3.63) is 29.3 Å². The highest BCUT2D eigenvalue weighted by Crippen LogP contribution is 2.31. The molecule has 0 aliphatic carbocycles. The maximum Gasteiger partial charge on any atom is 0.130 e. The average Bonchev–Trinajstić information content (AvgIpc) is 2.16. The lowest BCUT2D eigenvalue weighted by Gasteiger charge is -2.16. The Balaban J connectivity index is 3.02. The average molecular weight is 206 g/mol. The first kappa shape index (κ1) is 11.8. The molecule has 82 valence electrons. The van der Waals surface area contributed by atoms with Crippen LogP contribution in [0.15, 0.2) is 18.2 Å². The summed E-state index contributed by atoms with van der Waals surface area (Å²) >= 11 is 0. The fraction of sp³-hybridized carbons (Fsp3) is 0.462. The molecule has 1 rings (SSSR count). The normalized spacial score (nSPS) is 12.3. The van der Waals surface area contributed by atoms with Crippen LogP contribution in [0.2, 0.25) is 0 Å². The minimum absolute atomic E-state index is 0.214. The number of benzene rings is 1. The number of rotatable bonds is 4. The van der Waals surface area contributed by atoms with E-state index in [4.69, 9.17) is 4.74 Å². The lowest BCUT2D eigenvalue weighted by molar-refractivity contribution is -0.117. The summed E-state index contributed by atoms with van der Waals surface area (Å²) in [6, 6.07) is 6.05. The summed E-state index contributed by atoms with van der Waals surface area (Å²) in [5, 5.41) is 0. The van der Waals surface area contributed by atoms with E-state index in [1.807, 2.05) is 25.1 Å². The van der Waals surface area contributed by atoms with E-state index in [-0.39, 0.29) is 11.7 Å². The van der Waals surface area contributed by atoms with Gasteiger partial charge in [0, 0.05) is 6.42 Å². The molecule has 0 bridgehead atoms. The number of ketones is 1. The predicted molar refractivity (Wildman–Crippen MR) is 61.4 cm³/mol. The Kier molecular flexibility index (Phi) is 3.89. The van der Waals surface area contributed by atoms with E-state index >= 15 is 0 Å². The van der Waals surface area contributed by atoms with Crippen molar-refractivity contribution in [2.24, 2.45) is 0 Å². The summed E-state index contributed by atoms with van der Waals surface area (Å²) in [5.74, 6) is 1.34. The summed E-state index contributed by atoms with van der Waals surface area (Å²) in [6.07, 6.45) is 0.569. The molecule has 0 saturated heterocycles. The summed E-state index contributed by atoms with van der Waals surface area (Å²) in [5.41, 5.74) is 2.23. The van der Waals surface area contributed by atoms with E-state index in [0.29, 0.717) is 6.42 Å². The second-order valence-electron chi connectivity index (χ2n) is 4.00. The Hall–Kier alpha value is -1.31. The van der Waals surface area contributed by atoms with Gasteiger partial charge in [-0.2, -0.15) is 0 Å². The van der Waals surface area contributed by atoms with Crippen LogP contribution in [-0.2, 0) is 4.79 Å². The number of aryl methyl sites for hydroxylation is 1. The maximum absolute atomic E-state index is 11.1. The molecule has 0 aliphatic heterocycles. The second kappa shape index (κ2) is 4.96. The van der Waals surface area contributed by atoms with E-state index < -0.39 is 0 Å². The zero-order chi connectivity index (χ0) is 11.4. The van der Waals surface area contributed by atoms with E-state index in [1.165, 1.54) is 0 Å². The number of carbonyl (C=O) groups is 1. The first-order valence-corrected chi connectivity index (χ1v) is 5.19. The second-order valence-corrected chi connectivity index (χ2v) is 4.00. The molecule has 0 radical (unpaired) electrons. The molecule has 0 saturated carbocycles. The van der Waals surface area contributed by atoms with E-state index in [2.05, 4.69) is 6.92 Å². The first-order chi connectivity index (χ1) is 7.06. The highest BCUT2D eigenvalue weighted by atomic mass is 16.5. The third-order valence-corrected chi connectivity index (χ3v) is 2.57. The molecule has 0 aromatic heterocycles. The van der Waals surface area contributed by atoms with Gasteiger partial charge in [-0.1, -0.05) is 25.1 Å². The van der Waals surface area contributed by atoms with Crippen molar-refractivity contribution in [2.75, 3.05) is 7.11 Å². The van der Waals surface area contributed by atoms with Crippen molar-refractivity contribution in [3.63, 3.8) is 0 Å². The van der Waals surface area contributed by atoms with Crippen molar-refractivity contribution >= 4 is 5.78 Å². The standard InChI is InChI=1S/C13H18O2/c1-9-6-5-7-12(13(9)15-4)10(2)8-11(3)14/h5-7,10H,8H2,1-4H3. The molecule has 1 atom stereocenters. The monoisotopic (exact) mass is 206 g/mol. The van der Waals surface area contributed by atoms with Crippen LogP contribution in [0.4, 0.5) is 0 Å². The predicted octanol–water partition coefficient (Wildman–Crippen LogP) is 3.09. The number of para-hydroxylation sites is 1. The minimum Gasteiger partial charge on any atom is -0.496 e. The highest BCUT2D eigenvalue weighted by molar-refractivity contribution is 5.76. The van der Waals surface area contributed by atoms with Crippen LogP contribution in [0, 0.1) is 6.92 Å². The quantitative estimate of drug-likeness (QED) is 0.756. The van der Waals surface area contributed by atoms with E-state index in [0.717, 1.165) is 16.9 Å². The topological polar surface area (TPSA) is 26.3 Å². The Labute approximate surface area is 91.3 Å². The van der Waals surface area contributed by atoms with Gasteiger partial charge >= 0.3 is 0 Å². The van der Waals surface area contributed by atoms with Gasteiger partial charge in [-0.15, -0.1) is 0 Å². The molecule has 2 nitrogen and oxygen atoms in total. The first-order valence-electron chi connectivity index (χ1n) is 5.19. The van der Waals surface area contributed by atoms with Gasteiger partial charge in [-0.3, -0.25) is 0 Å². The zero-order valence-corrected chi connectivity index (χ0v) is 9.83. The van der Waals surface area contributed by atoms with Gasteiger partial charge in [0.1, 0.15) is 11.5 Å². The van der Waals surface area contributed by atoms with Crippen molar-refractivity contribution in [1.29, 1.82) is 0 Å². The van der Waals surface area contributed by atoms with Gasteiger partial charge in [0.05, 0.1) is 7.11 Å². The zero-order valence-electron chi connectivity index (χ0n) is 9.83. The fourth-order valence-electron chi connectivity index (χ4n) is 1.88. The van der Waals surface area contributed by atoms with Crippen molar-refractivity contribution in [3.8, 4) is 5.75 Å². The van der Waals surface area contributed by atoms with Crippen molar-refractivity contribution in [2.45, 2.75) is 33.1 Å². The fourth-order valence-corrected chi connectivity index (χ4v) is 1.88. The smallest absolute Gasteiger partial charge is 0.130 e. The van der Waals surface area contributed by atoms with Gasteiger partial charge in [0.2, 0.25) is 0 Å². The molecule has 0 fully saturated rings. The van der Waals surface area contributed by atoms with Crippen LogP contribution in [0.25, 0.3) is 0 Å². The van der Waals surface area contributed by atoms with Crippen LogP contribution in [0.5, 0.6) is 5.75 Å². The summed E-state index contributed by atoms with van der Waals surface area (Å²) in [6.45, 7) is 5.69. The minimum atomic E-state index is 0.214. The van der Waals surface area contributed by atoms with Crippen LogP contribution < -0.4 is 4.74 Å². The van der Waals surface area contributed by atoms with Gasteiger partial charge < -0.3 is 9.53 Å². The Morgan fingerprint density at radius 2 is 2.13 bits per heavy atom.